The zero-order valence-corrected chi connectivity index (χ0v) is 15.5. The van der Waals surface area contributed by atoms with Gasteiger partial charge in [0, 0.05) is 18.8 Å². The van der Waals surface area contributed by atoms with E-state index in [0.717, 1.165) is 5.69 Å². The van der Waals surface area contributed by atoms with E-state index in [0.29, 0.717) is 33.3 Å². The molecule has 23 heavy (non-hydrogen) atoms. The highest BCUT2D eigenvalue weighted by Crippen LogP contribution is 2.28. The normalized spacial score (nSPS) is 10.9. The van der Waals surface area contributed by atoms with Gasteiger partial charge in [-0.1, -0.05) is 25.2 Å². The number of thiazole rings is 2. The van der Waals surface area contributed by atoms with Crippen molar-refractivity contribution in [2.75, 3.05) is 16.8 Å². The number of amides is 2. The molecule has 0 unspecified atom stereocenters. The first-order chi connectivity index (χ1) is 10.8. The molecule has 2 rings (SSSR count). The van der Waals surface area contributed by atoms with Gasteiger partial charge in [-0.05, 0) is 19.8 Å². The Hall–Kier alpha value is -1.80. The van der Waals surface area contributed by atoms with Crippen LogP contribution in [0.5, 0.6) is 0 Å². The van der Waals surface area contributed by atoms with Crippen LogP contribution in [-0.4, -0.2) is 28.3 Å². The molecule has 2 heterocycles. The Kier molecular flexibility index (Phi) is 5.48. The van der Waals surface area contributed by atoms with E-state index in [-0.39, 0.29) is 11.8 Å². The summed E-state index contributed by atoms with van der Waals surface area (Å²) in [6.45, 7) is 9.81. The maximum absolute atomic E-state index is 12.4. The van der Waals surface area contributed by atoms with Gasteiger partial charge >= 0.3 is 0 Å². The van der Waals surface area contributed by atoms with Gasteiger partial charge in [0.1, 0.15) is 4.88 Å². The second-order valence-electron chi connectivity index (χ2n) is 5.68. The number of anilines is 2. The highest BCUT2D eigenvalue weighted by atomic mass is 32.1. The van der Waals surface area contributed by atoms with Crippen LogP contribution in [0.3, 0.4) is 0 Å². The van der Waals surface area contributed by atoms with E-state index in [1.165, 1.54) is 29.6 Å². The lowest BCUT2D eigenvalue weighted by Crippen LogP contribution is -2.32. The Bertz CT molecular complexity index is 721. The summed E-state index contributed by atoms with van der Waals surface area (Å²) in [5, 5.41) is 5.78. The molecule has 0 bridgehead atoms. The fourth-order valence-corrected chi connectivity index (χ4v) is 3.68. The van der Waals surface area contributed by atoms with Crippen molar-refractivity contribution in [2.24, 2.45) is 5.92 Å². The summed E-state index contributed by atoms with van der Waals surface area (Å²) >= 11 is 2.61. The molecule has 0 fully saturated rings. The van der Waals surface area contributed by atoms with Crippen molar-refractivity contribution in [3.63, 3.8) is 0 Å². The molecule has 0 aliphatic heterocycles. The zero-order chi connectivity index (χ0) is 17.1. The smallest absolute Gasteiger partial charge is 0.269 e. The minimum absolute atomic E-state index is 0.0741. The van der Waals surface area contributed by atoms with Crippen molar-refractivity contribution in [3.05, 3.63) is 21.6 Å². The molecule has 0 aliphatic rings. The third-order valence-electron chi connectivity index (χ3n) is 2.99. The van der Waals surface area contributed by atoms with Crippen LogP contribution in [0.4, 0.5) is 10.3 Å². The number of aromatic nitrogens is 2. The molecule has 0 aromatic carbocycles. The van der Waals surface area contributed by atoms with E-state index < -0.39 is 0 Å². The summed E-state index contributed by atoms with van der Waals surface area (Å²) in [4.78, 5) is 35.0. The van der Waals surface area contributed by atoms with Crippen LogP contribution >= 0.6 is 22.7 Å². The molecular weight excluding hydrogens is 332 g/mol. The third kappa shape index (κ3) is 4.35. The summed E-state index contributed by atoms with van der Waals surface area (Å²) in [7, 11) is 0. The lowest BCUT2D eigenvalue weighted by molar-refractivity contribution is -0.116. The summed E-state index contributed by atoms with van der Waals surface area (Å²) < 4.78 is 0. The van der Waals surface area contributed by atoms with Gasteiger partial charge in [0.2, 0.25) is 5.91 Å². The van der Waals surface area contributed by atoms with Crippen LogP contribution in [0.15, 0.2) is 5.38 Å². The first-order valence-corrected chi connectivity index (χ1v) is 8.96. The molecule has 124 valence electrons. The van der Waals surface area contributed by atoms with Crippen molar-refractivity contribution < 1.29 is 9.59 Å². The van der Waals surface area contributed by atoms with Crippen LogP contribution in [-0.2, 0) is 4.79 Å². The SMILES string of the molecule is CC(=O)N(CC(C)C)c1nc(C)c(C(=O)Nc2nc(C)cs2)s1. The monoisotopic (exact) mass is 352 g/mol. The van der Waals surface area contributed by atoms with Crippen LogP contribution in [0.1, 0.15) is 41.8 Å². The maximum atomic E-state index is 12.4. The van der Waals surface area contributed by atoms with E-state index in [4.69, 9.17) is 0 Å². The summed E-state index contributed by atoms with van der Waals surface area (Å²) in [5.74, 6) is 0.00211. The van der Waals surface area contributed by atoms with Gasteiger partial charge < -0.3 is 0 Å². The minimum atomic E-state index is -0.242. The van der Waals surface area contributed by atoms with E-state index in [1.54, 1.807) is 11.8 Å². The van der Waals surface area contributed by atoms with Crippen molar-refractivity contribution in [1.29, 1.82) is 0 Å². The fraction of sp³-hybridized carbons (Fsp3) is 0.467. The van der Waals surface area contributed by atoms with Crippen molar-refractivity contribution in [2.45, 2.75) is 34.6 Å². The Balaban J connectivity index is 2.22. The number of rotatable bonds is 5. The lowest BCUT2D eigenvalue weighted by Gasteiger charge is -2.19. The molecule has 0 saturated carbocycles. The number of nitrogens with one attached hydrogen (secondary N) is 1. The first-order valence-electron chi connectivity index (χ1n) is 7.27. The molecule has 2 aromatic heterocycles. The minimum Gasteiger partial charge on any atom is -0.297 e. The summed E-state index contributed by atoms with van der Waals surface area (Å²) in [5.41, 5.74) is 1.48. The number of nitrogens with zero attached hydrogens (tertiary/aromatic N) is 3. The van der Waals surface area contributed by atoms with Gasteiger partial charge in [-0.15, -0.1) is 11.3 Å². The molecule has 0 saturated heterocycles. The zero-order valence-electron chi connectivity index (χ0n) is 13.8. The Morgan fingerprint density at radius 3 is 2.52 bits per heavy atom. The number of carbonyl (C=O) groups is 2. The van der Waals surface area contributed by atoms with Crippen LogP contribution < -0.4 is 10.2 Å². The molecule has 0 radical (unpaired) electrons. The number of hydrogen-bond donors (Lipinski definition) is 1. The number of hydrogen-bond acceptors (Lipinski definition) is 6. The molecule has 0 spiro atoms. The standard InChI is InChI=1S/C15H20N4O2S2/c1-8(2)6-19(11(5)20)15-17-10(4)12(23-15)13(21)18-14-16-9(3)7-22-14/h7-8H,6H2,1-5H3,(H,16,18,21). The first kappa shape index (κ1) is 17.6. The summed E-state index contributed by atoms with van der Waals surface area (Å²) in [6.07, 6.45) is 0. The second kappa shape index (κ2) is 7.18. The van der Waals surface area contributed by atoms with E-state index in [1.807, 2.05) is 26.2 Å². The fourth-order valence-electron chi connectivity index (χ4n) is 1.98. The van der Waals surface area contributed by atoms with Crippen molar-refractivity contribution in [1.82, 2.24) is 9.97 Å². The predicted molar refractivity (Wildman–Crippen MR) is 94.5 cm³/mol. The average molecular weight is 352 g/mol. The van der Waals surface area contributed by atoms with Crippen LogP contribution in [0.2, 0.25) is 0 Å². The van der Waals surface area contributed by atoms with E-state index in [9.17, 15) is 9.59 Å². The molecule has 2 aromatic rings. The average Bonchev–Trinajstić information content (AvgIpc) is 3.01. The molecule has 0 atom stereocenters. The van der Waals surface area contributed by atoms with Crippen LogP contribution in [0, 0.1) is 19.8 Å². The molecule has 1 N–H and O–H groups in total. The van der Waals surface area contributed by atoms with Gasteiger partial charge in [0.15, 0.2) is 10.3 Å². The van der Waals surface area contributed by atoms with Gasteiger partial charge in [-0.25, -0.2) is 9.97 Å². The van der Waals surface area contributed by atoms with Gasteiger partial charge in [-0.3, -0.25) is 19.8 Å². The van der Waals surface area contributed by atoms with Gasteiger partial charge in [-0.2, -0.15) is 0 Å². The lowest BCUT2D eigenvalue weighted by atomic mass is 10.2. The maximum Gasteiger partial charge on any atom is 0.269 e. The highest BCUT2D eigenvalue weighted by Gasteiger charge is 2.22. The Labute approximate surface area is 143 Å². The molecular formula is C15H20N4O2S2. The highest BCUT2D eigenvalue weighted by molar-refractivity contribution is 7.18. The number of aryl methyl sites for hydroxylation is 2. The molecule has 0 aliphatic carbocycles. The predicted octanol–water partition coefficient (Wildman–Crippen LogP) is 3.48. The summed E-state index contributed by atoms with van der Waals surface area (Å²) in [6, 6.07) is 0. The van der Waals surface area contributed by atoms with E-state index in [2.05, 4.69) is 15.3 Å². The van der Waals surface area contributed by atoms with E-state index >= 15 is 0 Å². The molecule has 8 heteroatoms. The molecule has 6 nitrogen and oxygen atoms in total. The third-order valence-corrected chi connectivity index (χ3v) is 5.04. The second-order valence-corrected chi connectivity index (χ2v) is 7.52. The quantitative estimate of drug-likeness (QED) is 0.894. The van der Waals surface area contributed by atoms with Crippen molar-refractivity contribution in [3.8, 4) is 0 Å². The van der Waals surface area contributed by atoms with Gasteiger partial charge in [0.05, 0.1) is 11.4 Å². The number of carbonyl (C=O) groups excluding carboxylic acids is 2. The van der Waals surface area contributed by atoms with Gasteiger partial charge in [0.25, 0.3) is 5.91 Å². The van der Waals surface area contributed by atoms with Crippen LogP contribution in [0.25, 0.3) is 0 Å². The Morgan fingerprint density at radius 2 is 2.00 bits per heavy atom. The molecule has 2 amide bonds. The largest absolute Gasteiger partial charge is 0.297 e. The Morgan fingerprint density at radius 1 is 1.30 bits per heavy atom. The topological polar surface area (TPSA) is 75.2 Å². The van der Waals surface area contributed by atoms with Crippen molar-refractivity contribution >= 4 is 44.8 Å².